The normalized spacial score (nSPS) is 10.2. The molecule has 0 heterocycles. The third-order valence-corrected chi connectivity index (χ3v) is 3.45. The molecular weight excluding hydrogens is 308 g/mol. The van der Waals surface area contributed by atoms with E-state index in [4.69, 9.17) is 29.6 Å². The molecule has 4 nitrogen and oxygen atoms in total. The van der Waals surface area contributed by atoms with Gasteiger partial charge >= 0.3 is 0 Å². The lowest BCUT2D eigenvalue weighted by atomic mass is 10.1. The van der Waals surface area contributed by atoms with Crippen LogP contribution in [0.4, 0.5) is 5.69 Å². The molecule has 0 atom stereocenters. The summed E-state index contributed by atoms with van der Waals surface area (Å²) in [5.41, 5.74) is 7.82. The standard InChI is InChI=1S/C15H13ClN2O2S/c1-8-2-3-9(14(17)21)6-12(8)18-15(20)11-5-4-10(16)7-13(11)19/h2-7,19H,1H3,(H2,17,21)(H,18,20). The highest BCUT2D eigenvalue weighted by Crippen LogP contribution is 2.24. The highest BCUT2D eigenvalue weighted by Gasteiger charge is 2.13. The van der Waals surface area contributed by atoms with Gasteiger partial charge in [-0.25, -0.2) is 0 Å². The first kappa shape index (κ1) is 15.3. The molecule has 4 N–H and O–H groups in total. The molecule has 0 aliphatic carbocycles. The molecule has 0 unspecified atom stereocenters. The number of nitrogens with one attached hydrogen (secondary N) is 1. The first-order valence-electron chi connectivity index (χ1n) is 6.09. The molecule has 0 aliphatic rings. The number of anilines is 1. The summed E-state index contributed by atoms with van der Waals surface area (Å²) in [5.74, 6) is -0.615. The van der Waals surface area contributed by atoms with Gasteiger partial charge in [0.2, 0.25) is 0 Å². The Balaban J connectivity index is 2.31. The van der Waals surface area contributed by atoms with Crippen LogP contribution in [0.5, 0.6) is 5.75 Å². The predicted molar refractivity (Wildman–Crippen MR) is 88.1 cm³/mol. The molecule has 2 aromatic rings. The quantitative estimate of drug-likeness (QED) is 0.759. The van der Waals surface area contributed by atoms with Crippen molar-refractivity contribution in [1.82, 2.24) is 0 Å². The summed E-state index contributed by atoms with van der Waals surface area (Å²) in [4.78, 5) is 12.5. The van der Waals surface area contributed by atoms with Crippen molar-refractivity contribution in [2.24, 2.45) is 5.73 Å². The van der Waals surface area contributed by atoms with E-state index in [0.29, 0.717) is 16.3 Å². The van der Waals surface area contributed by atoms with E-state index in [0.717, 1.165) is 5.56 Å². The number of halogens is 1. The van der Waals surface area contributed by atoms with Crippen LogP contribution in [0.2, 0.25) is 5.02 Å². The highest BCUT2D eigenvalue weighted by molar-refractivity contribution is 7.80. The fourth-order valence-corrected chi connectivity index (χ4v) is 2.09. The fraction of sp³-hybridized carbons (Fsp3) is 0.0667. The lowest BCUT2D eigenvalue weighted by molar-refractivity contribution is 0.102. The van der Waals surface area contributed by atoms with Crippen LogP contribution in [0.3, 0.4) is 0 Å². The minimum atomic E-state index is -0.438. The van der Waals surface area contributed by atoms with Crippen molar-refractivity contribution in [2.75, 3.05) is 5.32 Å². The molecule has 0 saturated heterocycles. The Morgan fingerprint density at radius 1 is 1.29 bits per heavy atom. The molecule has 0 fully saturated rings. The highest BCUT2D eigenvalue weighted by atomic mass is 35.5. The van der Waals surface area contributed by atoms with E-state index in [-0.39, 0.29) is 16.3 Å². The van der Waals surface area contributed by atoms with Crippen molar-refractivity contribution in [2.45, 2.75) is 6.92 Å². The van der Waals surface area contributed by atoms with Gasteiger partial charge in [0.15, 0.2) is 0 Å². The first-order chi connectivity index (χ1) is 9.88. The summed E-state index contributed by atoms with van der Waals surface area (Å²) in [6, 6.07) is 9.60. The molecule has 0 spiro atoms. The van der Waals surface area contributed by atoms with E-state index < -0.39 is 5.91 Å². The Hall–Kier alpha value is -2.11. The number of carbonyl (C=O) groups is 1. The largest absolute Gasteiger partial charge is 0.507 e. The number of phenols is 1. The smallest absolute Gasteiger partial charge is 0.259 e. The van der Waals surface area contributed by atoms with Gasteiger partial charge in [0.05, 0.1) is 5.56 Å². The van der Waals surface area contributed by atoms with Crippen LogP contribution in [0.1, 0.15) is 21.5 Å². The Labute approximate surface area is 132 Å². The van der Waals surface area contributed by atoms with E-state index >= 15 is 0 Å². The van der Waals surface area contributed by atoms with Gasteiger partial charge in [-0.15, -0.1) is 0 Å². The molecule has 0 saturated carbocycles. The monoisotopic (exact) mass is 320 g/mol. The number of phenolic OH excluding ortho intramolecular Hbond substituents is 1. The van der Waals surface area contributed by atoms with Crippen molar-refractivity contribution in [3.05, 3.63) is 58.1 Å². The van der Waals surface area contributed by atoms with E-state index in [2.05, 4.69) is 5.32 Å². The second-order valence-electron chi connectivity index (χ2n) is 4.51. The van der Waals surface area contributed by atoms with Crippen LogP contribution in [0.25, 0.3) is 0 Å². The lowest BCUT2D eigenvalue weighted by Gasteiger charge is -2.11. The third kappa shape index (κ3) is 3.51. The van der Waals surface area contributed by atoms with Crippen LogP contribution < -0.4 is 11.1 Å². The number of aryl methyl sites for hydroxylation is 1. The molecule has 6 heteroatoms. The predicted octanol–water partition coefficient (Wildman–Crippen LogP) is 3.24. The minimum Gasteiger partial charge on any atom is -0.507 e. The van der Waals surface area contributed by atoms with E-state index in [9.17, 15) is 9.90 Å². The molecule has 0 aliphatic heterocycles. The SMILES string of the molecule is Cc1ccc(C(N)=S)cc1NC(=O)c1ccc(Cl)cc1O. The van der Waals surface area contributed by atoms with Crippen molar-refractivity contribution < 1.29 is 9.90 Å². The van der Waals surface area contributed by atoms with E-state index in [1.807, 2.05) is 13.0 Å². The summed E-state index contributed by atoms with van der Waals surface area (Å²) >= 11 is 10.7. The van der Waals surface area contributed by atoms with Crippen molar-refractivity contribution in [3.63, 3.8) is 0 Å². The summed E-state index contributed by atoms with van der Waals surface area (Å²) < 4.78 is 0. The Bertz CT molecular complexity index is 732. The number of aromatic hydroxyl groups is 1. The molecule has 0 bridgehead atoms. The number of thiocarbonyl (C=S) groups is 1. The van der Waals surface area contributed by atoms with Gasteiger partial charge in [0.1, 0.15) is 10.7 Å². The Morgan fingerprint density at radius 2 is 2.00 bits per heavy atom. The van der Waals surface area contributed by atoms with Gasteiger partial charge in [-0.1, -0.05) is 36.0 Å². The molecule has 0 aromatic heterocycles. The van der Waals surface area contributed by atoms with Crippen LogP contribution in [-0.2, 0) is 0 Å². The zero-order chi connectivity index (χ0) is 15.6. The summed E-state index contributed by atoms with van der Waals surface area (Å²) in [6.45, 7) is 1.85. The molecule has 108 valence electrons. The number of rotatable bonds is 3. The average molecular weight is 321 g/mol. The third-order valence-electron chi connectivity index (χ3n) is 2.97. The van der Waals surface area contributed by atoms with Crippen molar-refractivity contribution in [1.29, 1.82) is 0 Å². The zero-order valence-electron chi connectivity index (χ0n) is 11.2. The van der Waals surface area contributed by atoms with Gasteiger partial charge < -0.3 is 16.2 Å². The van der Waals surface area contributed by atoms with E-state index in [1.165, 1.54) is 18.2 Å². The second kappa shape index (κ2) is 6.11. The Morgan fingerprint density at radius 3 is 2.62 bits per heavy atom. The summed E-state index contributed by atoms with van der Waals surface area (Å²) in [7, 11) is 0. The maximum absolute atomic E-state index is 12.2. The number of benzene rings is 2. The lowest BCUT2D eigenvalue weighted by Crippen LogP contribution is -2.15. The van der Waals surface area contributed by atoms with Gasteiger partial charge in [-0.05, 0) is 36.8 Å². The number of amides is 1. The average Bonchev–Trinajstić information content (AvgIpc) is 2.40. The van der Waals surface area contributed by atoms with Crippen LogP contribution in [-0.4, -0.2) is 16.0 Å². The summed E-state index contributed by atoms with van der Waals surface area (Å²) in [5, 5.41) is 12.8. The molecule has 2 aromatic carbocycles. The van der Waals surface area contributed by atoms with Gasteiger partial charge in [-0.2, -0.15) is 0 Å². The second-order valence-corrected chi connectivity index (χ2v) is 5.39. The first-order valence-corrected chi connectivity index (χ1v) is 6.87. The number of hydrogen-bond donors (Lipinski definition) is 3. The number of carbonyl (C=O) groups excluding carboxylic acids is 1. The zero-order valence-corrected chi connectivity index (χ0v) is 12.8. The molecule has 21 heavy (non-hydrogen) atoms. The topological polar surface area (TPSA) is 75.3 Å². The maximum Gasteiger partial charge on any atom is 0.259 e. The van der Waals surface area contributed by atoms with Gasteiger partial charge in [-0.3, -0.25) is 4.79 Å². The molecular formula is C15H13ClN2O2S. The summed E-state index contributed by atoms with van der Waals surface area (Å²) in [6.07, 6.45) is 0. The van der Waals surface area contributed by atoms with Crippen molar-refractivity contribution >= 4 is 40.4 Å². The van der Waals surface area contributed by atoms with Crippen LogP contribution >= 0.6 is 23.8 Å². The van der Waals surface area contributed by atoms with Crippen molar-refractivity contribution in [3.8, 4) is 5.75 Å². The number of nitrogens with two attached hydrogens (primary N) is 1. The van der Waals surface area contributed by atoms with Crippen LogP contribution in [0.15, 0.2) is 36.4 Å². The van der Waals surface area contributed by atoms with Gasteiger partial charge in [0.25, 0.3) is 5.91 Å². The number of hydrogen-bond acceptors (Lipinski definition) is 3. The minimum absolute atomic E-state index is 0.138. The molecule has 1 amide bonds. The molecule has 0 radical (unpaired) electrons. The van der Waals surface area contributed by atoms with E-state index in [1.54, 1.807) is 12.1 Å². The Kier molecular flexibility index (Phi) is 4.45. The molecule has 2 rings (SSSR count). The maximum atomic E-state index is 12.2. The van der Waals surface area contributed by atoms with Gasteiger partial charge in [0, 0.05) is 16.3 Å². The van der Waals surface area contributed by atoms with Crippen LogP contribution in [0, 0.1) is 6.92 Å². The fourth-order valence-electron chi connectivity index (χ4n) is 1.80.